The lowest BCUT2D eigenvalue weighted by Gasteiger charge is -2.08. The van der Waals surface area contributed by atoms with Crippen LogP contribution < -0.4 is 0 Å². The van der Waals surface area contributed by atoms with Crippen LogP contribution in [0.3, 0.4) is 0 Å². The summed E-state index contributed by atoms with van der Waals surface area (Å²) in [6, 6.07) is 8.97. The molecule has 0 amide bonds. The van der Waals surface area contributed by atoms with Crippen molar-refractivity contribution >= 4 is 37.6 Å². The Hall–Kier alpha value is -1.80. The van der Waals surface area contributed by atoms with Crippen molar-refractivity contribution in [1.29, 1.82) is 0 Å². The topological polar surface area (TPSA) is 15.8 Å². The first-order chi connectivity index (χ1) is 11.1. The predicted molar refractivity (Wildman–Crippen MR) is 103 cm³/mol. The molecule has 0 spiro atoms. The minimum atomic E-state index is 1.02. The Kier molecular flexibility index (Phi) is 3.65. The number of pyridine rings is 1. The van der Waals surface area contributed by atoms with Gasteiger partial charge in [0.25, 0.3) is 0 Å². The van der Waals surface area contributed by atoms with Crippen LogP contribution in [-0.4, -0.2) is 4.98 Å². The molecule has 0 fully saturated rings. The summed E-state index contributed by atoms with van der Waals surface area (Å²) in [5.74, 6) is 0. The number of benzene rings is 1. The largest absolute Gasteiger partial charge is 0.349 e. The number of hydrogen-bond acceptors (Lipinski definition) is 0. The Bertz CT molecular complexity index is 973. The number of fused-ring (bicyclic) bond motifs is 2. The Morgan fingerprint density at radius 2 is 1.91 bits per heavy atom. The van der Waals surface area contributed by atoms with Gasteiger partial charge in [-0.1, -0.05) is 29.9 Å². The van der Waals surface area contributed by atoms with Crippen molar-refractivity contribution in [2.45, 2.75) is 33.1 Å². The molecule has 1 heterocycles. The van der Waals surface area contributed by atoms with E-state index < -0.39 is 0 Å². The van der Waals surface area contributed by atoms with Crippen molar-refractivity contribution in [3.63, 3.8) is 0 Å². The summed E-state index contributed by atoms with van der Waals surface area (Å²) in [7, 11) is 0. The van der Waals surface area contributed by atoms with Crippen molar-refractivity contribution in [2.75, 3.05) is 0 Å². The molecular weight excluding hydrogens is 346 g/mol. The first kappa shape index (κ1) is 14.8. The maximum atomic E-state index is 3.55. The first-order valence-electron chi connectivity index (χ1n) is 8.18. The normalized spacial score (nSPS) is 14.1. The summed E-state index contributed by atoms with van der Waals surface area (Å²) in [5.41, 5.74) is 7.05. The molecule has 3 aromatic rings. The third-order valence-corrected chi connectivity index (χ3v) is 5.50. The van der Waals surface area contributed by atoms with E-state index in [4.69, 9.17) is 0 Å². The molecule has 1 nitrogen and oxygen atoms in total. The van der Waals surface area contributed by atoms with E-state index in [0.29, 0.717) is 0 Å². The number of aryl methyl sites for hydroxylation is 3. The van der Waals surface area contributed by atoms with Crippen LogP contribution in [-0.2, 0) is 6.42 Å². The maximum Gasteiger partial charge on any atom is 0.0824 e. The highest BCUT2D eigenvalue weighted by molar-refractivity contribution is 9.10. The highest BCUT2D eigenvalue weighted by atomic mass is 79.9. The van der Waals surface area contributed by atoms with E-state index in [1.54, 1.807) is 5.57 Å². The van der Waals surface area contributed by atoms with Crippen LogP contribution in [0.5, 0.6) is 0 Å². The summed E-state index contributed by atoms with van der Waals surface area (Å²) >= 11 is 3.55. The maximum absolute atomic E-state index is 3.55. The van der Waals surface area contributed by atoms with Gasteiger partial charge in [-0.15, -0.1) is 0 Å². The molecule has 0 bridgehead atoms. The molecule has 0 radical (unpaired) electrons. The molecule has 0 saturated heterocycles. The van der Waals surface area contributed by atoms with Crippen molar-refractivity contribution in [2.24, 2.45) is 0 Å². The molecule has 2 aromatic carbocycles. The number of nitrogens with one attached hydrogen (secondary N) is 1. The molecule has 1 aliphatic rings. The monoisotopic (exact) mass is 365 g/mol. The molecule has 0 aliphatic heterocycles. The molecule has 116 valence electrons. The van der Waals surface area contributed by atoms with Crippen molar-refractivity contribution in [3.05, 3.63) is 69.4 Å². The Labute approximate surface area is 145 Å². The second-order valence-corrected chi connectivity index (χ2v) is 7.35. The van der Waals surface area contributed by atoms with Gasteiger partial charge in [-0.25, -0.2) is 0 Å². The Morgan fingerprint density at radius 3 is 2.70 bits per heavy atom. The number of hydrogen-bond donors (Lipinski definition) is 1. The van der Waals surface area contributed by atoms with Crippen molar-refractivity contribution in [3.8, 4) is 0 Å². The fourth-order valence-electron chi connectivity index (χ4n) is 3.74. The van der Waals surface area contributed by atoms with Gasteiger partial charge < -0.3 is 4.98 Å². The molecule has 4 rings (SSSR count). The third kappa shape index (κ3) is 2.55. The summed E-state index contributed by atoms with van der Waals surface area (Å²) in [5, 5.41) is 4.12. The molecule has 2 heteroatoms. The van der Waals surface area contributed by atoms with Crippen LogP contribution in [0.15, 0.2) is 52.7 Å². The molecule has 1 aromatic heterocycles. The number of rotatable bonds is 3. The smallest absolute Gasteiger partial charge is 0.0824 e. The van der Waals surface area contributed by atoms with E-state index in [0.717, 1.165) is 23.9 Å². The first-order valence-corrected chi connectivity index (χ1v) is 8.97. The van der Waals surface area contributed by atoms with Gasteiger partial charge in [0.15, 0.2) is 0 Å². The molecule has 1 aliphatic carbocycles. The van der Waals surface area contributed by atoms with Gasteiger partial charge in [-0.3, -0.25) is 0 Å². The molecule has 1 N–H and O–H groups in total. The number of aromatic nitrogens is 1. The summed E-state index contributed by atoms with van der Waals surface area (Å²) in [6.07, 6.45) is 10.1. The Balaban J connectivity index is 1.83. The lowest BCUT2D eigenvalue weighted by atomic mass is 9.99. The van der Waals surface area contributed by atoms with Gasteiger partial charge in [-0.05, 0) is 94.7 Å². The second kappa shape index (κ2) is 5.68. The highest BCUT2D eigenvalue weighted by Gasteiger charge is 2.13. The number of H-pyrrole nitrogens is 1. The Morgan fingerprint density at radius 1 is 1.04 bits per heavy atom. The van der Waals surface area contributed by atoms with Gasteiger partial charge in [-0.2, -0.15) is 0 Å². The van der Waals surface area contributed by atoms with Crippen LogP contribution in [0.4, 0.5) is 0 Å². The molecule has 0 unspecified atom stereocenters. The lowest BCUT2D eigenvalue weighted by molar-refractivity contribution is 0.921. The van der Waals surface area contributed by atoms with Gasteiger partial charge in [0.2, 0.25) is 0 Å². The minimum Gasteiger partial charge on any atom is -0.349 e. The van der Waals surface area contributed by atoms with Gasteiger partial charge in [0.1, 0.15) is 0 Å². The van der Waals surface area contributed by atoms with Crippen LogP contribution in [0.1, 0.15) is 29.5 Å². The zero-order valence-electron chi connectivity index (χ0n) is 13.5. The van der Waals surface area contributed by atoms with E-state index in [-0.39, 0.29) is 0 Å². The summed E-state index contributed by atoms with van der Waals surface area (Å²) in [6.45, 7) is 4.49. The fraction of sp³-hybridized carbons (Fsp3) is 0.238. The van der Waals surface area contributed by atoms with E-state index >= 15 is 0 Å². The van der Waals surface area contributed by atoms with Gasteiger partial charge in [0, 0.05) is 10.9 Å². The third-order valence-electron chi connectivity index (χ3n) is 5.03. The molecular formula is C21H20BrN. The molecule has 23 heavy (non-hydrogen) atoms. The molecule has 0 atom stereocenters. The SMILES string of the molecule is Cc1cc2c(C)c3ccc(Br)[nH]c3cc2c1CCC1=CC=CC1. The van der Waals surface area contributed by atoms with Crippen molar-refractivity contribution < 1.29 is 0 Å². The van der Waals surface area contributed by atoms with Gasteiger partial charge in [0.05, 0.1) is 4.60 Å². The van der Waals surface area contributed by atoms with Crippen LogP contribution in [0.25, 0.3) is 21.7 Å². The zero-order chi connectivity index (χ0) is 16.0. The van der Waals surface area contributed by atoms with E-state index in [9.17, 15) is 0 Å². The zero-order valence-corrected chi connectivity index (χ0v) is 15.1. The summed E-state index contributed by atoms with van der Waals surface area (Å²) in [4.78, 5) is 3.45. The lowest BCUT2D eigenvalue weighted by Crippen LogP contribution is -1.90. The number of aromatic amines is 1. The van der Waals surface area contributed by atoms with Crippen LogP contribution in [0, 0.1) is 13.8 Å². The van der Waals surface area contributed by atoms with E-state index in [1.807, 2.05) is 0 Å². The number of halogens is 1. The predicted octanol–water partition coefficient (Wildman–Crippen LogP) is 6.52. The minimum absolute atomic E-state index is 1.02. The quantitative estimate of drug-likeness (QED) is 0.508. The fourth-order valence-corrected chi connectivity index (χ4v) is 4.09. The highest BCUT2D eigenvalue weighted by Crippen LogP contribution is 2.34. The van der Waals surface area contributed by atoms with E-state index in [1.165, 1.54) is 38.4 Å². The standard InChI is InChI=1S/C21H20BrN/c1-13-11-18-14(2)17-9-10-21(22)23-20(17)12-19(18)16(13)8-7-15-5-3-4-6-15/h3-5,9-12,23H,6-8H2,1-2H3. The average Bonchev–Trinajstić information content (AvgIpc) is 3.13. The van der Waals surface area contributed by atoms with Crippen LogP contribution >= 0.6 is 15.9 Å². The van der Waals surface area contributed by atoms with Crippen LogP contribution in [0.2, 0.25) is 0 Å². The van der Waals surface area contributed by atoms with Gasteiger partial charge >= 0.3 is 0 Å². The van der Waals surface area contributed by atoms with E-state index in [2.05, 4.69) is 77.3 Å². The molecule has 0 saturated carbocycles. The summed E-state index contributed by atoms with van der Waals surface area (Å²) < 4.78 is 1.02. The second-order valence-electron chi connectivity index (χ2n) is 6.49. The van der Waals surface area contributed by atoms with Crippen molar-refractivity contribution in [1.82, 2.24) is 4.98 Å². The average molecular weight is 366 g/mol. The number of allylic oxidation sites excluding steroid dienone is 4.